The molecule has 2 aliphatic heterocycles. The van der Waals surface area contributed by atoms with Gasteiger partial charge in [-0.15, -0.1) is 0 Å². The predicted octanol–water partition coefficient (Wildman–Crippen LogP) is 3.47. The quantitative estimate of drug-likeness (QED) is 0.497. The third kappa shape index (κ3) is 4.07. The second-order valence-electron chi connectivity index (χ2n) is 9.61. The Balaban J connectivity index is 1.61. The summed E-state index contributed by atoms with van der Waals surface area (Å²) in [6.07, 6.45) is 6.84. The Bertz CT molecular complexity index is 867. The van der Waals surface area contributed by atoms with E-state index in [1.807, 2.05) is 0 Å². The monoisotopic (exact) mass is 444 g/mol. The average Bonchev–Trinajstić information content (AvgIpc) is 3.13. The largest absolute Gasteiger partial charge is 0.468 e. The fourth-order valence-corrected chi connectivity index (χ4v) is 6.06. The lowest BCUT2D eigenvalue weighted by molar-refractivity contribution is -0.171. The number of esters is 1. The standard InChI is InChI=1S/C25H33FN2O4/c1-27(19-6-4-3-5-7-19)23(30)15-25(24(31)32-2)21-13-12-20(14-22(25)29)28(21)16-17-8-10-18(26)11-9-17/h8-11,19-21H,3-7,12-16H2,1-2H3/t20-,21+,25-/m1/s1. The van der Waals surface area contributed by atoms with Gasteiger partial charge in [0.05, 0.1) is 13.5 Å². The van der Waals surface area contributed by atoms with Gasteiger partial charge in [0.1, 0.15) is 5.82 Å². The molecule has 6 nitrogen and oxygen atoms in total. The minimum absolute atomic E-state index is 0.0292. The normalized spacial score (nSPS) is 28.5. The lowest BCUT2D eigenvalue weighted by Gasteiger charge is -2.46. The van der Waals surface area contributed by atoms with E-state index in [0.717, 1.165) is 37.7 Å². The number of carbonyl (C=O) groups is 3. The molecule has 7 heteroatoms. The van der Waals surface area contributed by atoms with Gasteiger partial charge in [-0.25, -0.2) is 4.39 Å². The minimum atomic E-state index is -1.48. The molecule has 0 radical (unpaired) electrons. The van der Waals surface area contributed by atoms with E-state index >= 15 is 0 Å². The summed E-state index contributed by atoms with van der Waals surface area (Å²) in [5.74, 6) is -1.26. The van der Waals surface area contributed by atoms with Crippen LogP contribution in [0.2, 0.25) is 0 Å². The third-order valence-electron chi connectivity index (χ3n) is 7.90. The molecule has 0 unspecified atom stereocenters. The van der Waals surface area contributed by atoms with Gasteiger partial charge >= 0.3 is 5.97 Å². The molecule has 174 valence electrons. The van der Waals surface area contributed by atoms with Crippen molar-refractivity contribution in [1.82, 2.24) is 9.80 Å². The summed E-state index contributed by atoms with van der Waals surface area (Å²) in [5.41, 5.74) is -0.566. The van der Waals surface area contributed by atoms with Gasteiger partial charge < -0.3 is 9.64 Å². The number of Topliss-reactive ketones (excluding diaryl/α,β-unsaturated/α-hetero) is 1. The summed E-state index contributed by atoms with van der Waals surface area (Å²) in [6, 6.07) is 6.10. The highest BCUT2D eigenvalue weighted by Crippen LogP contribution is 2.48. The zero-order valence-electron chi connectivity index (χ0n) is 19.0. The van der Waals surface area contributed by atoms with E-state index in [-0.39, 0.29) is 42.4 Å². The second-order valence-corrected chi connectivity index (χ2v) is 9.61. The summed E-state index contributed by atoms with van der Waals surface area (Å²) in [7, 11) is 3.09. The molecule has 1 aromatic carbocycles. The number of piperidine rings is 1. The van der Waals surface area contributed by atoms with E-state index in [9.17, 15) is 18.8 Å². The van der Waals surface area contributed by atoms with Crippen LogP contribution >= 0.6 is 0 Å². The number of hydrogen-bond acceptors (Lipinski definition) is 5. The Morgan fingerprint density at radius 1 is 1.12 bits per heavy atom. The van der Waals surface area contributed by atoms with Crippen molar-refractivity contribution in [2.45, 2.75) is 82.5 Å². The summed E-state index contributed by atoms with van der Waals surface area (Å²) in [4.78, 5) is 43.9. The maximum Gasteiger partial charge on any atom is 0.321 e. The summed E-state index contributed by atoms with van der Waals surface area (Å²) < 4.78 is 18.5. The van der Waals surface area contributed by atoms with Crippen molar-refractivity contribution in [2.75, 3.05) is 14.2 Å². The molecule has 32 heavy (non-hydrogen) atoms. The minimum Gasteiger partial charge on any atom is -0.468 e. The van der Waals surface area contributed by atoms with Crippen LogP contribution in [0.5, 0.6) is 0 Å². The number of ketones is 1. The molecule has 4 rings (SSSR count). The van der Waals surface area contributed by atoms with Crippen molar-refractivity contribution in [3.05, 3.63) is 35.6 Å². The molecule has 2 bridgehead atoms. The van der Waals surface area contributed by atoms with Crippen molar-refractivity contribution < 1.29 is 23.5 Å². The van der Waals surface area contributed by atoms with Gasteiger partial charge in [0.15, 0.2) is 11.2 Å². The van der Waals surface area contributed by atoms with Gasteiger partial charge in [-0.1, -0.05) is 31.4 Å². The maximum absolute atomic E-state index is 13.4. The van der Waals surface area contributed by atoms with Crippen LogP contribution in [0.3, 0.4) is 0 Å². The molecular formula is C25H33FN2O4. The number of amides is 1. The highest BCUT2D eigenvalue weighted by molar-refractivity contribution is 6.08. The van der Waals surface area contributed by atoms with Crippen LogP contribution in [0.25, 0.3) is 0 Å². The summed E-state index contributed by atoms with van der Waals surface area (Å²) in [5, 5.41) is 0. The molecule has 1 aliphatic carbocycles. The van der Waals surface area contributed by atoms with E-state index in [2.05, 4.69) is 4.90 Å². The van der Waals surface area contributed by atoms with Gasteiger partial charge in [0.25, 0.3) is 0 Å². The molecule has 0 aromatic heterocycles. The first-order valence-corrected chi connectivity index (χ1v) is 11.7. The van der Waals surface area contributed by atoms with Crippen molar-refractivity contribution in [1.29, 1.82) is 0 Å². The van der Waals surface area contributed by atoms with Crippen molar-refractivity contribution in [2.24, 2.45) is 5.41 Å². The molecule has 1 amide bonds. The molecule has 2 heterocycles. The van der Waals surface area contributed by atoms with Gasteiger partial charge in [-0.2, -0.15) is 0 Å². The molecular weight excluding hydrogens is 411 g/mol. The molecule has 0 N–H and O–H groups in total. The Hall–Kier alpha value is -2.28. The number of rotatable bonds is 6. The van der Waals surface area contributed by atoms with Crippen molar-refractivity contribution >= 4 is 17.7 Å². The fourth-order valence-electron chi connectivity index (χ4n) is 6.06. The van der Waals surface area contributed by atoms with Gasteiger partial charge in [0, 0.05) is 38.1 Å². The first-order chi connectivity index (χ1) is 15.4. The zero-order chi connectivity index (χ0) is 22.9. The van der Waals surface area contributed by atoms with E-state index in [0.29, 0.717) is 13.0 Å². The van der Waals surface area contributed by atoms with Gasteiger partial charge in [0.2, 0.25) is 5.91 Å². The Kier molecular flexibility index (Phi) is 6.65. The molecule has 3 atom stereocenters. The number of ether oxygens (including phenoxy) is 1. The van der Waals surface area contributed by atoms with Crippen LogP contribution in [0, 0.1) is 11.2 Å². The molecule has 0 spiro atoms. The third-order valence-corrected chi connectivity index (χ3v) is 7.90. The van der Waals surface area contributed by atoms with Gasteiger partial charge in [-0.3, -0.25) is 19.3 Å². The molecule has 2 saturated heterocycles. The van der Waals surface area contributed by atoms with Crippen LogP contribution in [-0.2, 0) is 25.7 Å². The second kappa shape index (κ2) is 9.30. The number of hydrogen-bond donors (Lipinski definition) is 0. The highest BCUT2D eigenvalue weighted by atomic mass is 19.1. The topological polar surface area (TPSA) is 66.9 Å². The number of benzene rings is 1. The van der Waals surface area contributed by atoms with Crippen LogP contribution in [0.15, 0.2) is 24.3 Å². The lowest BCUT2D eigenvalue weighted by Crippen LogP contribution is -2.61. The maximum atomic E-state index is 13.4. The van der Waals surface area contributed by atoms with Crippen LogP contribution in [-0.4, -0.2) is 59.7 Å². The van der Waals surface area contributed by atoms with E-state index in [4.69, 9.17) is 4.74 Å². The Morgan fingerprint density at radius 2 is 1.81 bits per heavy atom. The number of nitrogens with zero attached hydrogens (tertiary/aromatic N) is 2. The smallest absolute Gasteiger partial charge is 0.321 e. The predicted molar refractivity (Wildman–Crippen MR) is 117 cm³/mol. The van der Waals surface area contributed by atoms with E-state index in [1.165, 1.54) is 25.7 Å². The summed E-state index contributed by atoms with van der Waals surface area (Å²) in [6.45, 7) is 0.508. The number of fused-ring (bicyclic) bond motifs is 2. The van der Waals surface area contributed by atoms with E-state index in [1.54, 1.807) is 24.1 Å². The molecule has 3 fully saturated rings. The van der Waals surface area contributed by atoms with Crippen LogP contribution < -0.4 is 0 Å². The van der Waals surface area contributed by atoms with Gasteiger partial charge in [-0.05, 0) is 43.4 Å². The average molecular weight is 445 g/mol. The van der Waals surface area contributed by atoms with Crippen LogP contribution in [0.4, 0.5) is 4.39 Å². The number of methoxy groups -OCH3 is 1. The molecule has 1 saturated carbocycles. The molecule has 1 aromatic rings. The Morgan fingerprint density at radius 3 is 2.47 bits per heavy atom. The number of halogens is 1. The lowest BCUT2D eigenvalue weighted by atomic mass is 9.69. The first kappa shape index (κ1) is 22.9. The van der Waals surface area contributed by atoms with Crippen molar-refractivity contribution in [3.63, 3.8) is 0 Å². The first-order valence-electron chi connectivity index (χ1n) is 11.7. The highest BCUT2D eigenvalue weighted by Gasteiger charge is 2.62. The van der Waals surface area contributed by atoms with Crippen LogP contribution in [0.1, 0.15) is 63.4 Å². The Labute approximate surface area is 189 Å². The number of carbonyl (C=O) groups excluding carboxylic acids is 3. The zero-order valence-corrected chi connectivity index (χ0v) is 19.0. The molecule has 3 aliphatic rings. The fraction of sp³-hybridized carbons (Fsp3) is 0.640. The summed E-state index contributed by atoms with van der Waals surface area (Å²) >= 11 is 0. The van der Waals surface area contributed by atoms with Crippen molar-refractivity contribution in [3.8, 4) is 0 Å². The van der Waals surface area contributed by atoms with E-state index < -0.39 is 17.4 Å². The SMILES string of the molecule is COC(=O)[C@@]1(CC(=O)N(C)C2CCCCC2)C(=O)C[C@H]2CC[C@@H]1N2Cc1ccc(F)cc1.